The van der Waals surface area contributed by atoms with Crippen LogP contribution in [0.5, 0.6) is 5.75 Å². The average molecular weight is 499 g/mol. The van der Waals surface area contributed by atoms with Gasteiger partial charge in [-0.15, -0.1) is 0 Å². The summed E-state index contributed by atoms with van der Waals surface area (Å²) >= 11 is 0. The Kier molecular flexibility index (Phi) is 6.98. The van der Waals surface area contributed by atoms with E-state index in [0.29, 0.717) is 41.4 Å². The summed E-state index contributed by atoms with van der Waals surface area (Å²) < 4.78 is 47.1. The standard InChI is InChI=1S/C26H29F3N6O/c1-16-14-34(15-32-16)22-11-10-18(13-24(22)36-3)17(2)33-25(30)23-9-5-8-21(35(23)31)19-6-4-7-20(12-19)26(27,28)29/h4,6-7,10-15,21,33H,2,5,8-9,30-31H2,1,3H3/b25-23+. The van der Waals surface area contributed by atoms with Crippen LogP contribution >= 0.6 is 0 Å². The second kappa shape index (κ2) is 9.98. The van der Waals surface area contributed by atoms with Crippen molar-refractivity contribution in [3.05, 3.63) is 95.5 Å². The van der Waals surface area contributed by atoms with Crippen LogP contribution in [0.25, 0.3) is 11.4 Å². The SMILES string of the molecule is C=C(N/C(N)=C1\CCCC(c2cccc(C(F)(F)F)c2)N1N)c1ccc(-n2cnc(C)c2)c(OC)c1. The first-order chi connectivity index (χ1) is 17.1. The smallest absolute Gasteiger partial charge is 0.416 e. The van der Waals surface area contributed by atoms with Crippen LogP contribution < -0.4 is 21.6 Å². The summed E-state index contributed by atoms with van der Waals surface area (Å²) in [5, 5.41) is 4.56. The summed E-state index contributed by atoms with van der Waals surface area (Å²) in [6, 6.07) is 10.4. The van der Waals surface area contributed by atoms with Crippen LogP contribution in [0.15, 0.2) is 73.1 Å². The Bertz CT molecular complexity index is 1300. The molecule has 0 bridgehead atoms. The lowest BCUT2D eigenvalue weighted by atomic mass is 9.93. The molecule has 1 saturated heterocycles. The number of halogens is 3. The van der Waals surface area contributed by atoms with Gasteiger partial charge in [0.2, 0.25) is 0 Å². The average Bonchev–Trinajstić information content (AvgIpc) is 3.29. The van der Waals surface area contributed by atoms with Crippen molar-refractivity contribution in [2.45, 2.75) is 38.4 Å². The van der Waals surface area contributed by atoms with Gasteiger partial charge in [-0.3, -0.25) is 0 Å². The van der Waals surface area contributed by atoms with Crippen molar-refractivity contribution in [1.29, 1.82) is 0 Å². The molecule has 1 atom stereocenters. The van der Waals surface area contributed by atoms with E-state index in [2.05, 4.69) is 16.9 Å². The van der Waals surface area contributed by atoms with Gasteiger partial charge < -0.3 is 25.4 Å². The van der Waals surface area contributed by atoms with E-state index >= 15 is 0 Å². The van der Waals surface area contributed by atoms with Crippen LogP contribution in [0.1, 0.15) is 47.7 Å². The predicted octanol–water partition coefficient (Wildman–Crippen LogP) is 5.00. The molecule has 36 heavy (non-hydrogen) atoms. The lowest BCUT2D eigenvalue weighted by Crippen LogP contribution is -2.40. The maximum atomic E-state index is 13.2. The Morgan fingerprint density at radius 2 is 2.00 bits per heavy atom. The van der Waals surface area contributed by atoms with Crippen molar-refractivity contribution < 1.29 is 17.9 Å². The number of aryl methyl sites for hydroxylation is 1. The van der Waals surface area contributed by atoms with Crippen molar-refractivity contribution in [2.75, 3.05) is 7.11 Å². The number of nitrogens with zero attached hydrogens (tertiary/aromatic N) is 3. The number of ether oxygens (including phenoxy) is 1. The van der Waals surface area contributed by atoms with E-state index in [1.807, 2.05) is 35.9 Å². The number of alkyl halides is 3. The Hall–Kier alpha value is -3.92. The predicted molar refractivity (Wildman–Crippen MR) is 132 cm³/mol. The molecule has 4 rings (SSSR count). The molecular weight excluding hydrogens is 469 g/mol. The zero-order valence-corrected chi connectivity index (χ0v) is 20.1. The molecule has 0 spiro atoms. The van der Waals surface area contributed by atoms with Crippen molar-refractivity contribution in [3.63, 3.8) is 0 Å². The summed E-state index contributed by atoms with van der Waals surface area (Å²) in [7, 11) is 1.58. The lowest BCUT2D eigenvalue weighted by molar-refractivity contribution is -0.137. The highest BCUT2D eigenvalue weighted by Gasteiger charge is 2.33. The van der Waals surface area contributed by atoms with Crippen LogP contribution in [0.3, 0.4) is 0 Å². The number of methoxy groups -OCH3 is 1. The fourth-order valence-corrected chi connectivity index (χ4v) is 4.38. The summed E-state index contributed by atoms with van der Waals surface area (Å²) in [6.07, 6.45) is 1.11. The second-order valence-corrected chi connectivity index (χ2v) is 8.71. The highest BCUT2D eigenvalue weighted by Crippen LogP contribution is 2.37. The summed E-state index contributed by atoms with van der Waals surface area (Å²) in [6.45, 7) is 6.00. The molecule has 10 heteroatoms. The molecule has 1 aliphatic rings. The van der Waals surface area contributed by atoms with Gasteiger partial charge in [0, 0.05) is 17.5 Å². The summed E-state index contributed by atoms with van der Waals surface area (Å²) in [5.74, 6) is 7.30. The van der Waals surface area contributed by atoms with Crippen LogP contribution in [0.4, 0.5) is 13.2 Å². The Morgan fingerprint density at radius 3 is 2.67 bits per heavy atom. The Morgan fingerprint density at radius 1 is 1.22 bits per heavy atom. The number of benzene rings is 2. The van der Waals surface area contributed by atoms with Gasteiger partial charge in [-0.25, -0.2) is 10.8 Å². The number of hydrogen-bond donors (Lipinski definition) is 3. The van der Waals surface area contributed by atoms with Crippen molar-refractivity contribution in [1.82, 2.24) is 19.9 Å². The zero-order chi connectivity index (χ0) is 26.0. The van der Waals surface area contributed by atoms with E-state index in [9.17, 15) is 13.2 Å². The molecule has 2 heterocycles. The number of hydrogen-bond acceptors (Lipinski definition) is 6. The van der Waals surface area contributed by atoms with Crippen LogP contribution in [0.2, 0.25) is 0 Å². The van der Waals surface area contributed by atoms with Gasteiger partial charge in [0.25, 0.3) is 0 Å². The number of allylic oxidation sites excluding steroid dienone is 1. The van der Waals surface area contributed by atoms with Crippen LogP contribution in [-0.4, -0.2) is 21.7 Å². The topological polar surface area (TPSA) is 94.4 Å². The van der Waals surface area contributed by atoms with E-state index < -0.39 is 17.8 Å². The van der Waals surface area contributed by atoms with Gasteiger partial charge >= 0.3 is 6.18 Å². The Labute approximate surface area is 207 Å². The van der Waals surface area contributed by atoms with Gasteiger partial charge in [0.15, 0.2) is 0 Å². The van der Waals surface area contributed by atoms with Crippen LogP contribution in [-0.2, 0) is 6.18 Å². The normalized spacial score (nSPS) is 17.6. The molecule has 1 unspecified atom stereocenters. The van der Waals surface area contributed by atoms with Gasteiger partial charge in [-0.05, 0) is 56.0 Å². The molecule has 0 radical (unpaired) electrons. The zero-order valence-electron chi connectivity index (χ0n) is 20.1. The molecule has 190 valence electrons. The minimum Gasteiger partial charge on any atom is -0.495 e. The minimum absolute atomic E-state index is 0.299. The largest absolute Gasteiger partial charge is 0.495 e. The monoisotopic (exact) mass is 498 g/mol. The third-order valence-electron chi connectivity index (χ3n) is 6.25. The number of nitrogens with two attached hydrogens (primary N) is 2. The molecule has 3 aromatic rings. The van der Waals surface area contributed by atoms with Gasteiger partial charge in [-0.2, -0.15) is 13.2 Å². The molecule has 7 nitrogen and oxygen atoms in total. The van der Waals surface area contributed by atoms with Crippen molar-refractivity contribution in [3.8, 4) is 11.4 Å². The van der Waals surface area contributed by atoms with Gasteiger partial charge in [-0.1, -0.05) is 24.8 Å². The van der Waals surface area contributed by atoms with Crippen LogP contribution in [0, 0.1) is 6.92 Å². The Balaban J connectivity index is 1.55. The maximum Gasteiger partial charge on any atom is 0.416 e. The third kappa shape index (κ3) is 5.18. The highest BCUT2D eigenvalue weighted by atomic mass is 19.4. The number of imidazole rings is 1. The van der Waals surface area contributed by atoms with E-state index in [-0.39, 0.29) is 0 Å². The number of hydrazine groups is 1. The minimum atomic E-state index is -4.42. The molecule has 0 aliphatic carbocycles. The number of aromatic nitrogens is 2. The summed E-state index contributed by atoms with van der Waals surface area (Å²) in [5.41, 5.74) is 9.77. The van der Waals surface area contributed by atoms with E-state index in [0.717, 1.165) is 35.5 Å². The van der Waals surface area contributed by atoms with E-state index in [1.54, 1.807) is 19.5 Å². The molecule has 1 aromatic heterocycles. The first-order valence-corrected chi connectivity index (χ1v) is 11.4. The molecule has 5 N–H and O–H groups in total. The number of nitrogens with one attached hydrogen (secondary N) is 1. The highest BCUT2D eigenvalue weighted by molar-refractivity contribution is 5.67. The lowest BCUT2D eigenvalue weighted by Gasteiger charge is -2.37. The molecule has 0 amide bonds. The molecule has 0 saturated carbocycles. The fourth-order valence-electron chi connectivity index (χ4n) is 4.38. The summed E-state index contributed by atoms with van der Waals surface area (Å²) in [4.78, 5) is 4.25. The van der Waals surface area contributed by atoms with E-state index in [4.69, 9.17) is 16.3 Å². The van der Waals surface area contributed by atoms with Gasteiger partial charge in [0.05, 0.1) is 42.1 Å². The van der Waals surface area contributed by atoms with Crippen molar-refractivity contribution in [2.24, 2.45) is 11.6 Å². The first kappa shape index (κ1) is 25.2. The van der Waals surface area contributed by atoms with E-state index in [1.165, 1.54) is 11.1 Å². The maximum absolute atomic E-state index is 13.2. The molecule has 1 aliphatic heterocycles. The molecular formula is C26H29F3N6O. The molecule has 1 fully saturated rings. The first-order valence-electron chi connectivity index (χ1n) is 11.4. The number of rotatable bonds is 6. The third-order valence-corrected chi connectivity index (χ3v) is 6.25. The number of piperidine rings is 1. The quantitative estimate of drug-likeness (QED) is 0.414. The second-order valence-electron chi connectivity index (χ2n) is 8.71. The van der Waals surface area contributed by atoms with Gasteiger partial charge in [0.1, 0.15) is 11.6 Å². The molecule has 2 aromatic carbocycles. The fraction of sp³-hybridized carbons (Fsp3) is 0.269. The van der Waals surface area contributed by atoms with Crippen molar-refractivity contribution >= 4 is 5.70 Å².